The molecule has 0 aromatic heterocycles. The summed E-state index contributed by atoms with van der Waals surface area (Å²) in [5.74, 6) is 0. The first-order chi connectivity index (χ1) is 5.77. The van der Waals surface area contributed by atoms with Gasteiger partial charge in [-0.2, -0.15) is 4.99 Å². The predicted octanol–water partition coefficient (Wildman–Crippen LogP) is 2.98. The molecule has 0 radical (unpaired) electrons. The smallest absolute Gasteiger partial charge is 0.211 e. The lowest BCUT2D eigenvalue weighted by Gasteiger charge is -2.00. The van der Waals surface area contributed by atoms with Crippen LogP contribution in [0, 0.1) is 0 Å². The fourth-order valence-corrected chi connectivity index (χ4v) is 1.34. The summed E-state index contributed by atoms with van der Waals surface area (Å²) in [5, 5.41) is 0. The van der Waals surface area contributed by atoms with E-state index in [1.54, 1.807) is 6.08 Å². The Hall–Kier alpha value is -0.920. The second kappa shape index (κ2) is 4.19. The van der Waals surface area contributed by atoms with E-state index in [-0.39, 0.29) is 0 Å². The molecule has 0 saturated carbocycles. The third kappa shape index (κ3) is 2.03. The number of carbonyl (C=O) groups excluding carboxylic acids is 1. The molecule has 0 spiro atoms. The second-order valence-corrected chi connectivity index (χ2v) is 3.25. The van der Waals surface area contributed by atoms with E-state index in [4.69, 9.17) is 0 Å². The van der Waals surface area contributed by atoms with Crippen LogP contribution in [0.15, 0.2) is 27.7 Å². The van der Waals surface area contributed by atoms with Crippen LogP contribution in [-0.4, -0.2) is 6.08 Å². The molecule has 0 N–H and O–H groups in total. The van der Waals surface area contributed by atoms with Crippen LogP contribution < -0.4 is 0 Å². The SMILES string of the molecule is CCc1ccc(Br)cc1N=C=O. The van der Waals surface area contributed by atoms with Crippen LogP contribution in [0.4, 0.5) is 5.69 Å². The molecule has 0 amide bonds. The zero-order valence-corrected chi connectivity index (χ0v) is 8.26. The topological polar surface area (TPSA) is 29.4 Å². The summed E-state index contributed by atoms with van der Waals surface area (Å²) >= 11 is 3.31. The molecule has 2 nitrogen and oxygen atoms in total. The number of hydrogen-bond acceptors (Lipinski definition) is 2. The molecule has 1 aromatic carbocycles. The molecule has 0 heterocycles. The predicted molar refractivity (Wildman–Crippen MR) is 51.3 cm³/mol. The number of aryl methyl sites for hydroxylation is 1. The third-order valence-electron chi connectivity index (χ3n) is 1.59. The van der Waals surface area contributed by atoms with Crippen LogP contribution in [0.3, 0.4) is 0 Å². The number of hydrogen-bond donors (Lipinski definition) is 0. The van der Waals surface area contributed by atoms with E-state index >= 15 is 0 Å². The first-order valence-corrected chi connectivity index (χ1v) is 4.43. The quantitative estimate of drug-likeness (QED) is 0.563. The van der Waals surface area contributed by atoms with Crippen molar-refractivity contribution in [2.45, 2.75) is 13.3 Å². The fraction of sp³-hybridized carbons (Fsp3) is 0.222. The summed E-state index contributed by atoms with van der Waals surface area (Å²) in [6.07, 6.45) is 2.41. The van der Waals surface area contributed by atoms with Gasteiger partial charge in [0.1, 0.15) is 0 Å². The Morgan fingerprint density at radius 2 is 2.33 bits per heavy atom. The van der Waals surface area contributed by atoms with E-state index < -0.39 is 0 Å². The summed E-state index contributed by atoms with van der Waals surface area (Å²) in [7, 11) is 0. The maximum atomic E-state index is 10.0. The molecule has 3 heteroatoms. The minimum Gasteiger partial charge on any atom is -0.211 e. The number of benzene rings is 1. The first kappa shape index (κ1) is 9.17. The zero-order chi connectivity index (χ0) is 8.97. The zero-order valence-electron chi connectivity index (χ0n) is 6.67. The van der Waals surface area contributed by atoms with E-state index in [1.165, 1.54) is 0 Å². The van der Waals surface area contributed by atoms with Crippen molar-refractivity contribution in [1.82, 2.24) is 0 Å². The summed E-state index contributed by atoms with van der Waals surface area (Å²) in [6, 6.07) is 5.69. The highest BCUT2D eigenvalue weighted by Crippen LogP contribution is 2.23. The molecule has 0 bridgehead atoms. The molecule has 0 unspecified atom stereocenters. The minimum absolute atomic E-state index is 0.696. The Labute approximate surface area is 79.5 Å². The van der Waals surface area contributed by atoms with Crippen molar-refractivity contribution in [1.29, 1.82) is 0 Å². The molecule has 0 aliphatic rings. The lowest BCUT2D eigenvalue weighted by Crippen LogP contribution is -1.80. The lowest BCUT2D eigenvalue weighted by atomic mass is 10.1. The second-order valence-electron chi connectivity index (χ2n) is 2.33. The average Bonchev–Trinajstić information content (AvgIpc) is 2.05. The summed E-state index contributed by atoms with van der Waals surface area (Å²) in [6.45, 7) is 2.02. The molecule has 12 heavy (non-hydrogen) atoms. The molecule has 0 aliphatic heterocycles. The Kier molecular flexibility index (Phi) is 3.20. The van der Waals surface area contributed by atoms with Crippen molar-refractivity contribution in [3.05, 3.63) is 28.2 Å². The van der Waals surface area contributed by atoms with Gasteiger partial charge in [0.25, 0.3) is 0 Å². The molecule has 1 rings (SSSR count). The molecule has 1 aromatic rings. The standard InChI is InChI=1S/C9H8BrNO/c1-2-7-3-4-8(10)5-9(7)11-6-12/h3-5H,2H2,1H3. The first-order valence-electron chi connectivity index (χ1n) is 3.64. The molecule has 0 atom stereocenters. The normalized spacial score (nSPS) is 9.17. The number of isocyanates is 1. The molecule has 0 saturated heterocycles. The number of aliphatic imine (C=N–C) groups is 1. The van der Waals surface area contributed by atoms with Gasteiger partial charge in [0.15, 0.2) is 0 Å². The Morgan fingerprint density at radius 3 is 2.92 bits per heavy atom. The van der Waals surface area contributed by atoms with Crippen molar-refractivity contribution < 1.29 is 4.79 Å². The number of rotatable bonds is 2. The number of halogens is 1. The molecule has 0 aliphatic carbocycles. The van der Waals surface area contributed by atoms with E-state index in [1.807, 2.05) is 25.1 Å². The van der Waals surface area contributed by atoms with Gasteiger partial charge < -0.3 is 0 Å². The van der Waals surface area contributed by atoms with Gasteiger partial charge in [0.05, 0.1) is 5.69 Å². The maximum Gasteiger partial charge on any atom is 0.240 e. The van der Waals surface area contributed by atoms with Gasteiger partial charge in [-0.05, 0) is 24.1 Å². The van der Waals surface area contributed by atoms with Crippen LogP contribution in [0.2, 0.25) is 0 Å². The molecular weight excluding hydrogens is 218 g/mol. The van der Waals surface area contributed by atoms with Crippen LogP contribution >= 0.6 is 15.9 Å². The van der Waals surface area contributed by atoms with Gasteiger partial charge in [0.2, 0.25) is 6.08 Å². The Balaban J connectivity index is 3.20. The van der Waals surface area contributed by atoms with Gasteiger partial charge in [-0.25, -0.2) is 4.79 Å². The largest absolute Gasteiger partial charge is 0.240 e. The van der Waals surface area contributed by atoms with Crippen LogP contribution in [0.25, 0.3) is 0 Å². The van der Waals surface area contributed by atoms with E-state index in [2.05, 4.69) is 20.9 Å². The molecule has 62 valence electrons. The van der Waals surface area contributed by atoms with Crippen molar-refractivity contribution in [3.63, 3.8) is 0 Å². The van der Waals surface area contributed by atoms with Crippen LogP contribution in [0.5, 0.6) is 0 Å². The van der Waals surface area contributed by atoms with Gasteiger partial charge in [-0.15, -0.1) is 0 Å². The van der Waals surface area contributed by atoms with Crippen molar-refractivity contribution in [3.8, 4) is 0 Å². The van der Waals surface area contributed by atoms with Crippen LogP contribution in [0.1, 0.15) is 12.5 Å². The monoisotopic (exact) mass is 225 g/mol. The van der Waals surface area contributed by atoms with Crippen molar-refractivity contribution >= 4 is 27.7 Å². The minimum atomic E-state index is 0.696. The molecule has 0 fully saturated rings. The van der Waals surface area contributed by atoms with Gasteiger partial charge in [0, 0.05) is 4.47 Å². The lowest BCUT2D eigenvalue weighted by molar-refractivity contribution is 0.565. The number of nitrogens with zero attached hydrogens (tertiary/aromatic N) is 1. The van der Waals surface area contributed by atoms with Crippen LogP contribution in [-0.2, 0) is 11.2 Å². The van der Waals surface area contributed by atoms with Gasteiger partial charge in [-0.3, -0.25) is 0 Å². The van der Waals surface area contributed by atoms with Gasteiger partial charge >= 0.3 is 0 Å². The van der Waals surface area contributed by atoms with E-state index in [0.717, 1.165) is 16.5 Å². The van der Waals surface area contributed by atoms with Gasteiger partial charge in [-0.1, -0.05) is 28.9 Å². The van der Waals surface area contributed by atoms with Crippen molar-refractivity contribution in [2.75, 3.05) is 0 Å². The van der Waals surface area contributed by atoms with E-state index in [0.29, 0.717) is 5.69 Å². The average molecular weight is 226 g/mol. The summed E-state index contributed by atoms with van der Waals surface area (Å²) < 4.78 is 0.925. The fourth-order valence-electron chi connectivity index (χ4n) is 0.989. The highest BCUT2D eigenvalue weighted by molar-refractivity contribution is 9.10. The molecular formula is C9H8BrNO. The highest BCUT2D eigenvalue weighted by atomic mass is 79.9. The third-order valence-corrected chi connectivity index (χ3v) is 2.09. The maximum absolute atomic E-state index is 10.0. The Bertz CT molecular complexity index is 329. The van der Waals surface area contributed by atoms with E-state index in [9.17, 15) is 4.79 Å². The summed E-state index contributed by atoms with van der Waals surface area (Å²) in [4.78, 5) is 13.6. The summed E-state index contributed by atoms with van der Waals surface area (Å²) in [5.41, 5.74) is 1.75. The highest BCUT2D eigenvalue weighted by Gasteiger charge is 1.98. The van der Waals surface area contributed by atoms with Crippen molar-refractivity contribution in [2.24, 2.45) is 4.99 Å². The Morgan fingerprint density at radius 1 is 1.58 bits per heavy atom.